The number of esters is 1. The number of carboxylic acids is 1. The summed E-state index contributed by atoms with van der Waals surface area (Å²) in [6.07, 6.45) is 3.51. The summed E-state index contributed by atoms with van der Waals surface area (Å²) in [6.45, 7) is 1.90. The van der Waals surface area contributed by atoms with E-state index in [2.05, 4.69) is 5.32 Å². The van der Waals surface area contributed by atoms with E-state index in [1.807, 2.05) is 37.3 Å². The number of carboxylic acid groups (broad SMARTS) is 1. The first-order valence-corrected chi connectivity index (χ1v) is 11.0. The van der Waals surface area contributed by atoms with Gasteiger partial charge in [-0.3, -0.25) is 9.59 Å². The fourth-order valence-corrected chi connectivity index (χ4v) is 6.33. The maximum atomic E-state index is 13.3. The van der Waals surface area contributed by atoms with Crippen LogP contribution in [-0.4, -0.2) is 30.1 Å². The van der Waals surface area contributed by atoms with Crippen molar-refractivity contribution in [2.75, 3.05) is 12.4 Å². The highest BCUT2D eigenvalue weighted by Crippen LogP contribution is 2.50. The van der Waals surface area contributed by atoms with Gasteiger partial charge in [0.25, 0.3) is 0 Å². The summed E-state index contributed by atoms with van der Waals surface area (Å²) in [7, 11) is 1.32. The molecule has 1 aromatic carbocycles. The van der Waals surface area contributed by atoms with Crippen molar-refractivity contribution in [1.82, 2.24) is 0 Å². The number of anilines is 1. The number of amides is 1. The van der Waals surface area contributed by atoms with Crippen LogP contribution in [-0.2, 0) is 14.3 Å². The average molecular weight is 428 g/mol. The van der Waals surface area contributed by atoms with Crippen LogP contribution in [0.15, 0.2) is 30.3 Å². The summed E-state index contributed by atoms with van der Waals surface area (Å²) in [6, 6.07) is 9.50. The lowest BCUT2D eigenvalue weighted by Crippen LogP contribution is -2.49. The lowest BCUT2D eigenvalue weighted by Gasteiger charge is -2.45. The van der Waals surface area contributed by atoms with Gasteiger partial charge in [0, 0.05) is 10.4 Å². The molecule has 7 heteroatoms. The molecular formula is C23H25NO5S. The van der Waals surface area contributed by atoms with Gasteiger partial charge >= 0.3 is 11.9 Å². The molecule has 158 valence electrons. The fraction of sp³-hybridized carbons (Fsp3) is 0.435. The Morgan fingerprint density at radius 1 is 1.03 bits per heavy atom. The molecule has 0 aliphatic heterocycles. The lowest BCUT2D eigenvalue weighted by molar-refractivity contribution is -0.156. The van der Waals surface area contributed by atoms with Gasteiger partial charge in [0.2, 0.25) is 5.91 Å². The third-order valence-electron chi connectivity index (χ3n) is 6.58. The normalized spacial score (nSPS) is 25.0. The van der Waals surface area contributed by atoms with Gasteiger partial charge in [0.05, 0.1) is 18.9 Å². The predicted molar refractivity (Wildman–Crippen MR) is 115 cm³/mol. The zero-order valence-electron chi connectivity index (χ0n) is 17.0. The second kappa shape index (κ2) is 8.22. The number of benzene rings is 1. The van der Waals surface area contributed by atoms with Gasteiger partial charge in [-0.15, -0.1) is 11.3 Å². The number of nitrogens with one attached hydrogen (secondary N) is 1. The molecule has 3 saturated carbocycles. The lowest BCUT2D eigenvalue weighted by atomic mass is 9.58. The molecule has 2 atom stereocenters. The van der Waals surface area contributed by atoms with Crippen molar-refractivity contribution in [3.05, 3.63) is 40.8 Å². The zero-order valence-corrected chi connectivity index (χ0v) is 17.8. The number of methoxy groups -OCH3 is 1. The highest BCUT2D eigenvalue weighted by molar-refractivity contribution is 7.17. The van der Waals surface area contributed by atoms with Crippen LogP contribution in [0.1, 0.15) is 40.9 Å². The molecule has 30 heavy (non-hydrogen) atoms. The van der Waals surface area contributed by atoms with Crippen molar-refractivity contribution in [3.8, 4) is 11.1 Å². The van der Waals surface area contributed by atoms with Crippen molar-refractivity contribution >= 4 is 34.2 Å². The Kier molecular flexibility index (Phi) is 5.64. The van der Waals surface area contributed by atoms with E-state index in [0.29, 0.717) is 10.6 Å². The van der Waals surface area contributed by atoms with Crippen molar-refractivity contribution in [3.63, 3.8) is 0 Å². The van der Waals surface area contributed by atoms with Crippen LogP contribution < -0.4 is 5.32 Å². The van der Waals surface area contributed by atoms with E-state index in [-0.39, 0.29) is 17.7 Å². The minimum Gasteiger partial charge on any atom is -0.481 e. The van der Waals surface area contributed by atoms with Crippen molar-refractivity contribution < 1.29 is 24.2 Å². The highest BCUT2D eigenvalue weighted by atomic mass is 32.1. The Morgan fingerprint density at radius 2 is 1.63 bits per heavy atom. The molecule has 3 aliphatic rings. The summed E-state index contributed by atoms with van der Waals surface area (Å²) in [5.41, 5.74) is 1.93. The Balaban J connectivity index is 1.70. The Hall–Kier alpha value is -2.67. The number of carbonyl (C=O) groups excluding carboxylic acids is 2. The first kappa shape index (κ1) is 20.6. The molecule has 0 spiro atoms. The number of ether oxygens (including phenoxy) is 1. The third kappa shape index (κ3) is 3.51. The van der Waals surface area contributed by atoms with Gasteiger partial charge in [0.1, 0.15) is 10.6 Å². The van der Waals surface area contributed by atoms with Gasteiger partial charge in [0.15, 0.2) is 0 Å². The minimum atomic E-state index is -0.898. The van der Waals surface area contributed by atoms with Crippen LogP contribution in [0.2, 0.25) is 0 Å². The summed E-state index contributed by atoms with van der Waals surface area (Å²) in [5.74, 6) is -2.82. The predicted octanol–water partition coefficient (Wildman–Crippen LogP) is 4.59. The molecule has 0 radical (unpaired) electrons. The molecule has 2 bridgehead atoms. The molecule has 0 unspecified atom stereocenters. The van der Waals surface area contributed by atoms with Gasteiger partial charge < -0.3 is 15.2 Å². The molecule has 3 fully saturated rings. The SMILES string of the molecule is COC(=O)c1c(NC(=O)[C@H]2C3CCC(CC3)[C@@H]2C(=O)O)sc(C)c1-c1ccccc1. The van der Waals surface area contributed by atoms with Crippen LogP contribution >= 0.6 is 11.3 Å². The first-order valence-electron chi connectivity index (χ1n) is 10.2. The molecule has 2 N–H and O–H groups in total. The monoisotopic (exact) mass is 427 g/mol. The third-order valence-corrected chi connectivity index (χ3v) is 7.60. The maximum absolute atomic E-state index is 13.3. The summed E-state index contributed by atoms with van der Waals surface area (Å²) in [4.78, 5) is 38.7. The van der Waals surface area contributed by atoms with Crippen LogP contribution in [0.5, 0.6) is 0 Å². The van der Waals surface area contributed by atoms with Crippen LogP contribution in [0.25, 0.3) is 11.1 Å². The molecule has 0 saturated heterocycles. The van der Waals surface area contributed by atoms with Crippen molar-refractivity contribution in [1.29, 1.82) is 0 Å². The van der Waals surface area contributed by atoms with E-state index in [0.717, 1.165) is 41.7 Å². The van der Waals surface area contributed by atoms with Gasteiger partial charge in [-0.25, -0.2) is 4.79 Å². The van der Waals surface area contributed by atoms with Crippen LogP contribution in [0.4, 0.5) is 5.00 Å². The number of carbonyl (C=O) groups is 3. The zero-order chi connectivity index (χ0) is 21.4. The van der Waals surface area contributed by atoms with E-state index < -0.39 is 23.8 Å². The number of hydrogen-bond acceptors (Lipinski definition) is 5. The standard InChI is InChI=1S/C23H25NO5S/c1-12-16(13-6-4-3-5-7-13)19(23(28)29-2)21(30-12)24-20(25)17-14-8-10-15(11-9-14)18(17)22(26)27/h3-7,14-15,17-18H,8-11H2,1-2H3,(H,24,25)(H,26,27)/t14?,15?,17-,18-/m0/s1. The molecule has 1 amide bonds. The molecule has 1 aromatic heterocycles. The Bertz CT molecular complexity index is 975. The topological polar surface area (TPSA) is 92.7 Å². The number of hydrogen-bond donors (Lipinski definition) is 2. The maximum Gasteiger partial charge on any atom is 0.341 e. The summed E-state index contributed by atoms with van der Waals surface area (Å²) < 4.78 is 5.01. The number of rotatable bonds is 5. The molecule has 2 aromatic rings. The first-order chi connectivity index (χ1) is 14.4. The highest BCUT2D eigenvalue weighted by Gasteiger charge is 2.50. The second-order valence-corrected chi connectivity index (χ2v) is 9.37. The summed E-state index contributed by atoms with van der Waals surface area (Å²) >= 11 is 1.32. The fourth-order valence-electron chi connectivity index (χ4n) is 5.26. The van der Waals surface area contributed by atoms with Crippen LogP contribution in [0, 0.1) is 30.6 Å². The largest absolute Gasteiger partial charge is 0.481 e. The molecule has 3 aliphatic carbocycles. The van der Waals surface area contributed by atoms with Crippen molar-refractivity contribution in [2.24, 2.45) is 23.7 Å². The van der Waals surface area contributed by atoms with Gasteiger partial charge in [-0.2, -0.15) is 0 Å². The number of fused-ring (bicyclic) bond motifs is 3. The van der Waals surface area contributed by atoms with Gasteiger partial charge in [-0.05, 0) is 50.0 Å². The molecule has 6 nitrogen and oxygen atoms in total. The Morgan fingerprint density at radius 3 is 2.20 bits per heavy atom. The van der Waals surface area contributed by atoms with E-state index >= 15 is 0 Å². The number of thiophene rings is 1. The quantitative estimate of drug-likeness (QED) is 0.681. The summed E-state index contributed by atoms with van der Waals surface area (Å²) in [5, 5.41) is 13.1. The molecule has 1 heterocycles. The van der Waals surface area contributed by atoms with E-state index in [4.69, 9.17) is 4.74 Å². The van der Waals surface area contributed by atoms with E-state index in [1.54, 1.807) is 0 Å². The van der Waals surface area contributed by atoms with Gasteiger partial charge in [-0.1, -0.05) is 30.3 Å². The smallest absolute Gasteiger partial charge is 0.341 e. The number of aliphatic carboxylic acids is 1. The Labute approximate surface area is 179 Å². The second-order valence-electron chi connectivity index (χ2n) is 8.15. The molecular weight excluding hydrogens is 402 g/mol. The van der Waals surface area contributed by atoms with Crippen LogP contribution in [0.3, 0.4) is 0 Å². The van der Waals surface area contributed by atoms with E-state index in [9.17, 15) is 19.5 Å². The number of aryl methyl sites for hydroxylation is 1. The minimum absolute atomic E-state index is 0.0493. The van der Waals surface area contributed by atoms with Crippen molar-refractivity contribution in [2.45, 2.75) is 32.6 Å². The average Bonchev–Trinajstić information content (AvgIpc) is 3.09. The molecule has 5 rings (SSSR count). The van der Waals surface area contributed by atoms with E-state index in [1.165, 1.54) is 18.4 Å².